The first-order chi connectivity index (χ1) is 12.4. The number of hydrogen-bond acceptors (Lipinski definition) is 10. The van der Waals surface area contributed by atoms with Gasteiger partial charge in [-0.2, -0.15) is 0 Å². The highest BCUT2D eigenvalue weighted by atomic mass is 16.8. The van der Waals surface area contributed by atoms with Gasteiger partial charge in [-0.05, 0) is 0 Å². The molecule has 0 aromatic heterocycles. The first-order valence-corrected chi connectivity index (χ1v) is 7.75. The molecule has 3 fully saturated rings. The zero-order valence-electron chi connectivity index (χ0n) is 13.4. The molecule has 3 rings (SSSR count). The van der Waals surface area contributed by atoms with Gasteiger partial charge in [-0.25, -0.2) is 9.59 Å². The minimum Gasteiger partial charge on any atom is -0.361 e. The van der Waals surface area contributed by atoms with E-state index in [4.69, 9.17) is 9.47 Å². The van der Waals surface area contributed by atoms with Crippen LogP contribution in [-0.4, -0.2) is 71.1 Å². The van der Waals surface area contributed by atoms with Crippen molar-refractivity contribution in [1.82, 2.24) is 10.1 Å². The Bertz CT molecular complexity index is 591. The Morgan fingerprint density at radius 1 is 0.692 bits per heavy atom. The van der Waals surface area contributed by atoms with E-state index in [-0.39, 0.29) is 25.7 Å². The second-order valence-corrected chi connectivity index (χ2v) is 5.63. The number of ether oxygens (including phenoxy) is 2. The summed E-state index contributed by atoms with van der Waals surface area (Å²) in [6, 6.07) is 0. The lowest BCUT2D eigenvalue weighted by Crippen LogP contribution is -2.48. The molecular formula is C14H14N2O10. The van der Waals surface area contributed by atoms with E-state index in [1.165, 1.54) is 0 Å². The molecule has 12 heteroatoms. The molecule has 12 nitrogen and oxygen atoms in total. The van der Waals surface area contributed by atoms with Gasteiger partial charge in [0, 0.05) is 25.7 Å². The summed E-state index contributed by atoms with van der Waals surface area (Å²) in [5.41, 5.74) is 0. The maximum absolute atomic E-state index is 11.9. The zero-order valence-corrected chi connectivity index (χ0v) is 13.4. The summed E-state index contributed by atoms with van der Waals surface area (Å²) >= 11 is 0. The summed E-state index contributed by atoms with van der Waals surface area (Å²) in [5.74, 6) is -4.60. The zero-order chi connectivity index (χ0) is 18.8. The molecule has 2 atom stereocenters. The molecule has 140 valence electrons. The van der Waals surface area contributed by atoms with Gasteiger partial charge < -0.3 is 19.1 Å². The first-order valence-electron chi connectivity index (χ1n) is 7.75. The topological polar surface area (TPSA) is 146 Å². The maximum atomic E-state index is 11.9. The fourth-order valence-electron chi connectivity index (χ4n) is 2.39. The molecule has 0 bridgehead atoms. The Morgan fingerprint density at radius 3 is 1.27 bits per heavy atom. The number of carbonyl (C=O) groups is 6. The number of rotatable bonds is 4. The van der Waals surface area contributed by atoms with Gasteiger partial charge in [0.25, 0.3) is 23.6 Å². The normalized spacial score (nSPS) is 26.5. The van der Waals surface area contributed by atoms with Crippen molar-refractivity contribution in [1.29, 1.82) is 0 Å². The molecule has 26 heavy (non-hydrogen) atoms. The van der Waals surface area contributed by atoms with E-state index in [2.05, 4.69) is 9.68 Å². The molecule has 0 N–H and O–H groups in total. The SMILES string of the molecule is O=C(ON1C(=O)CCC1=O)[C@@H]1CO[C@@H](C(=O)ON2C(=O)CCC2=O)CO1. The highest BCUT2D eigenvalue weighted by molar-refractivity contribution is 6.02. The van der Waals surface area contributed by atoms with Gasteiger partial charge in [-0.15, -0.1) is 10.1 Å². The summed E-state index contributed by atoms with van der Waals surface area (Å²) in [6.45, 7) is -0.812. The smallest absolute Gasteiger partial charge is 0.361 e. The fraction of sp³-hybridized carbons (Fsp3) is 0.571. The van der Waals surface area contributed by atoms with Crippen molar-refractivity contribution >= 4 is 35.6 Å². The highest BCUT2D eigenvalue weighted by Crippen LogP contribution is 2.17. The third-order valence-corrected chi connectivity index (χ3v) is 3.80. The van der Waals surface area contributed by atoms with Crippen molar-refractivity contribution < 1.29 is 47.9 Å². The molecule has 0 spiro atoms. The van der Waals surface area contributed by atoms with E-state index < -0.39 is 61.0 Å². The van der Waals surface area contributed by atoms with Crippen LogP contribution in [-0.2, 0) is 47.9 Å². The third kappa shape index (κ3) is 3.55. The second-order valence-electron chi connectivity index (χ2n) is 5.63. The van der Waals surface area contributed by atoms with Gasteiger partial charge in [-0.1, -0.05) is 0 Å². The summed E-state index contributed by atoms with van der Waals surface area (Å²) < 4.78 is 10.3. The van der Waals surface area contributed by atoms with E-state index in [1.54, 1.807) is 0 Å². The van der Waals surface area contributed by atoms with Gasteiger partial charge in [0.2, 0.25) is 0 Å². The van der Waals surface area contributed by atoms with Gasteiger partial charge in [0.05, 0.1) is 13.2 Å². The van der Waals surface area contributed by atoms with Gasteiger partial charge >= 0.3 is 11.9 Å². The first kappa shape index (κ1) is 17.9. The Hall–Kier alpha value is -2.86. The predicted molar refractivity (Wildman–Crippen MR) is 73.8 cm³/mol. The van der Waals surface area contributed by atoms with Crippen LogP contribution in [0.3, 0.4) is 0 Å². The Balaban J connectivity index is 1.47. The molecule has 3 aliphatic rings. The van der Waals surface area contributed by atoms with Crippen LogP contribution in [0.4, 0.5) is 0 Å². The van der Waals surface area contributed by atoms with E-state index in [0.29, 0.717) is 10.1 Å². The molecule has 0 aromatic rings. The summed E-state index contributed by atoms with van der Waals surface area (Å²) in [4.78, 5) is 78.8. The van der Waals surface area contributed by atoms with Gasteiger partial charge in [0.1, 0.15) is 0 Å². The van der Waals surface area contributed by atoms with E-state index in [0.717, 1.165) is 0 Å². The average Bonchev–Trinajstić information content (AvgIpc) is 3.12. The monoisotopic (exact) mass is 370 g/mol. The van der Waals surface area contributed by atoms with E-state index >= 15 is 0 Å². The van der Waals surface area contributed by atoms with Crippen molar-refractivity contribution in [3.8, 4) is 0 Å². The van der Waals surface area contributed by atoms with Crippen LogP contribution < -0.4 is 0 Å². The minimum absolute atomic E-state index is 0.0456. The van der Waals surface area contributed by atoms with E-state index in [9.17, 15) is 28.8 Å². The molecule has 4 amide bonds. The standard InChI is InChI=1S/C14H14N2O10/c17-9-1-2-10(18)15(9)25-13(21)7-5-24-8(6-23-7)14(22)26-16-11(19)3-4-12(16)20/h7-8H,1-6H2/t7-,8+. The van der Waals surface area contributed by atoms with Crippen LogP contribution >= 0.6 is 0 Å². The van der Waals surface area contributed by atoms with Crippen LogP contribution in [0.15, 0.2) is 0 Å². The minimum atomic E-state index is -1.25. The third-order valence-electron chi connectivity index (χ3n) is 3.80. The number of amides is 4. The van der Waals surface area contributed by atoms with Crippen LogP contribution in [0.2, 0.25) is 0 Å². The van der Waals surface area contributed by atoms with E-state index in [1.807, 2.05) is 0 Å². The molecule has 0 unspecified atom stereocenters. The van der Waals surface area contributed by atoms with Crippen molar-refractivity contribution in [3.05, 3.63) is 0 Å². The van der Waals surface area contributed by atoms with Crippen molar-refractivity contribution in [2.45, 2.75) is 37.9 Å². The number of hydrogen-bond donors (Lipinski definition) is 0. The maximum Gasteiger partial charge on any atom is 0.364 e. The predicted octanol–water partition coefficient (Wildman–Crippen LogP) is -2.02. The lowest BCUT2D eigenvalue weighted by Gasteiger charge is -2.28. The number of imide groups is 2. The molecule has 3 heterocycles. The molecule has 0 radical (unpaired) electrons. The lowest BCUT2D eigenvalue weighted by molar-refractivity contribution is -0.226. The van der Waals surface area contributed by atoms with Crippen LogP contribution in [0.25, 0.3) is 0 Å². The molecule has 3 aliphatic heterocycles. The number of hydroxylamine groups is 4. The summed E-state index contributed by atoms with van der Waals surface area (Å²) in [6.07, 6.45) is -2.69. The molecule has 0 aliphatic carbocycles. The highest BCUT2D eigenvalue weighted by Gasteiger charge is 2.40. The van der Waals surface area contributed by atoms with Crippen LogP contribution in [0, 0.1) is 0 Å². The lowest BCUT2D eigenvalue weighted by atomic mass is 10.3. The molecular weight excluding hydrogens is 356 g/mol. The molecule has 3 saturated heterocycles. The van der Waals surface area contributed by atoms with Crippen LogP contribution in [0.1, 0.15) is 25.7 Å². The molecule has 0 saturated carbocycles. The second kappa shape index (κ2) is 7.17. The van der Waals surface area contributed by atoms with Gasteiger partial charge in [0.15, 0.2) is 12.2 Å². The fourth-order valence-corrected chi connectivity index (χ4v) is 2.39. The Morgan fingerprint density at radius 2 is 1.00 bits per heavy atom. The summed E-state index contributed by atoms with van der Waals surface area (Å²) in [5, 5.41) is 0.743. The van der Waals surface area contributed by atoms with Crippen LogP contribution in [0.5, 0.6) is 0 Å². The Kier molecular flexibility index (Phi) is 4.95. The van der Waals surface area contributed by atoms with Crippen molar-refractivity contribution in [2.24, 2.45) is 0 Å². The largest absolute Gasteiger partial charge is 0.364 e. The number of nitrogens with zero attached hydrogens (tertiary/aromatic N) is 2. The quantitative estimate of drug-likeness (QED) is 0.508. The Labute approximate surface area is 145 Å². The van der Waals surface area contributed by atoms with Crippen molar-refractivity contribution in [3.63, 3.8) is 0 Å². The molecule has 0 aromatic carbocycles. The van der Waals surface area contributed by atoms with Gasteiger partial charge in [-0.3, -0.25) is 19.2 Å². The van der Waals surface area contributed by atoms with Crippen molar-refractivity contribution in [2.75, 3.05) is 13.2 Å². The number of carbonyl (C=O) groups excluding carboxylic acids is 6. The average molecular weight is 370 g/mol. The summed E-state index contributed by atoms with van der Waals surface area (Å²) in [7, 11) is 0.